The molecule has 2 N–H and O–H groups in total. The van der Waals surface area contributed by atoms with E-state index in [0.29, 0.717) is 5.02 Å². The zero-order valence-corrected chi connectivity index (χ0v) is 11.1. The Hall–Kier alpha value is -1.00. The minimum Gasteiger partial charge on any atom is -0.379 e. The van der Waals surface area contributed by atoms with Gasteiger partial charge in [0.25, 0.3) is 0 Å². The second kappa shape index (κ2) is 4.89. The summed E-state index contributed by atoms with van der Waals surface area (Å²) in [6.45, 7) is 2.65. The van der Waals surface area contributed by atoms with Crippen molar-refractivity contribution in [3.8, 4) is 0 Å². The molecule has 0 aliphatic rings. The summed E-state index contributed by atoms with van der Waals surface area (Å²) in [6.07, 6.45) is 1.83. The Labute approximate surface area is 107 Å². The van der Waals surface area contributed by atoms with Gasteiger partial charge < -0.3 is 10.3 Å². The first-order valence-corrected chi connectivity index (χ1v) is 6.01. The summed E-state index contributed by atoms with van der Waals surface area (Å²) in [5.74, 6) is 0.925. The van der Waals surface area contributed by atoms with Crippen molar-refractivity contribution < 1.29 is 0 Å². The van der Waals surface area contributed by atoms with Gasteiger partial charge in [-0.2, -0.15) is 0 Å². The van der Waals surface area contributed by atoms with Crippen molar-refractivity contribution in [2.45, 2.75) is 13.5 Å². The Balaban J connectivity index is 2.02. The minimum absolute atomic E-state index is 0.711. The molecule has 2 rings (SSSR count). The standard InChI is InChI=1S/C11H11BrClN3/c1-7-14-5-9(16-7)6-15-8-2-3-11(13)10(12)4-8/h2-5,15H,6H2,1H3,(H,14,16). The van der Waals surface area contributed by atoms with Gasteiger partial charge in [0.15, 0.2) is 0 Å². The van der Waals surface area contributed by atoms with Crippen molar-refractivity contribution >= 4 is 33.2 Å². The van der Waals surface area contributed by atoms with Crippen LogP contribution in [-0.4, -0.2) is 9.97 Å². The molecule has 1 aromatic carbocycles. The molecule has 5 heteroatoms. The molecule has 0 bridgehead atoms. The van der Waals surface area contributed by atoms with Crippen LogP contribution in [0.15, 0.2) is 28.9 Å². The zero-order chi connectivity index (χ0) is 11.5. The van der Waals surface area contributed by atoms with E-state index < -0.39 is 0 Å². The zero-order valence-electron chi connectivity index (χ0n) is 8.72. The summed E-state index contributed by atoms with van der Waals surface area (Å²) in [5.41, 5.74) is 2.08. The Bertz CT molecular complexity index is 496. The third kappa shape index (κ3) is 2.77. The predicted octanol–water partition coefficient (Wildman–Crippen LogP) is 3.75. The quantitative estimate of drug-likeness (QED) is 0.906. The number of aromatic amines is 1. The van der Waals surface area contributed by atoms with Crippen molar-refractivity contribution in [2.24, 2.45) is 0 Å². The minimum atomic E-state index is 0.711. The van der Waals surface area contributed by atoms with Gasteiger partial charge in [-0.1, -0.05) is 11.6 Å². The van der Waals surface area contributed by atoms with E-state index in [4.69, 9.17) is 11.6 Å². The first kappa shape index (κ1) is 11.5. The Morgan fingerprint density at radius 3 is 2.94 bits per heavy atom. The number of anilines is 1. The number of benzene rings is 1. The molecule has 0 amide bonds. The molecule has 0 radical (unpaired) electrons. The molecule has 3 nitrogen and oxygen atoms in total. The number of rotatable bonds is 3. The van der Waals surface area contributed by atoms with E-state index in [0.717, 1.165) is 28.2 Å². The van der Waals surface area contributed by atoms with Crippen LogP contribution in [0, 0.1) is 6.92 Å². The van der Waals surface area contributed by atoms with Crippen molar-refractivity contribution in [3.05, 3.63) is 45.4 Å². The highest BCUT2D eigenvalue weighted by atomic mass is 79.9. The predicted molar refractivity (Wildman–Crippen MR) is 69.8 cm³/mol. The van der Waals surface area contributed by atoms with Gasteiger partial charge in [0.05, 0.1) is 23.5 Å². The van der Waals surface area contributed by atoms with Crippen LogP contribution in [0.4, 0.5) is 5.69 Å². The van der Waals surface area contributed by atoms with Gasteiger partial charge in [-0.3, -0.25) is 0 Å². The number of hydrogen-bond donors (Lipinski definition) is 2. The molecular weight excluding hydrogens is 289 g/mol. The van der Waals surface area contributed by atoms with Crippen molar-refractivity contribution in [1.29, 1.82) is 0 Å². The van der Waals surface area contributed by atoms with Crippen LogP contribution in [0.5, 0.6) is 0 Å². The fraction of sp³-hybridized carbons (Fsp3) is 0.182. The first-order chi connectivity index (χ1) is 7.65. The van der Waals surface area contributed by atoms with E-state index in [1.54, 1.807) is 0 Å². The summed E-state index contributed by atoms with van der Waals surface area (Å²) in [7, 11) is 0. The fourth-order valence-corrected chi connectivity index (χ4v) is 1.86. The molecular formula is C11H11BrClN3. The van der Waals surface area contributed by atoms with Gasteiger partial charge in [-0.05, 0) is 41.1 Å². The van der Waals surface area contributed by atoms with Gasteiger partial charge in [0.1, 0.15) is 5.82 Å². The topological polar surface area (TPSA) is 40.7 Å². The molecule has 1 heterocycles. The second-order valence-electron chi connectivity index (χ2n) is 3.48. The monoisotopic (exact) mass is 299 g/mol. The van der Waals surface area contributed by atoms with E-state index in [1.165, 1.54) is 0 Å². The van der Waals surface area contributed by atoms with Gasteiger partial charge in [0, 0.05) is 10.2 Å². The molecule has 16 heavy (non-hydrogen) atoms. The lowest BCUT2D eigenvalue weighted by Gasteiger charge is -2.05. The SMILES string of the molecule is Cc1ncc(CNc2ccc(Cl)c(Br)c2)[nH]1. The average Bonchev–Trinajstić information content (AvgIpc) is 2.66. The summed E-state index contributed by atoms with van der Waals surface area (Å²) in [6, 6.07) is 5.74. The number of H-pyrrole nitrogens is 1. The normalized spacial score (nSPS) is 10.4. The number of nitrogens with one attached hydrogen (secondary N) is 2. The van der Waals surface area contributed by atoms with Crippen LogP contribution >= 0.6 is 27.5 Å². The Morgan fingerprint density at radius 1 is 1.50 bits per heavy atom. The van der Waals surface area contributed by atoms with E-state index in [2.05, 4.69) is 31.2 Å². The van der Waals surface area contributed by atoms with Crippen LogP contribution in [-0.2, 0) is 6.54 Å². The van der Waals surface area contributed by atoms with E-state index >= 15 is 0 Å². The van der Waals surface area contributed by atoms with Crippen LogP contribution in [0.25, 0.3) is 0 Å². The van der Waals surface area contributed by atoms with Crippen molar-refractivity contribution in [1.82, 2.24) is 9.97 Å². The third-order valence-corrected chi connectivity index (χ3v) is 3.37. The molecule has 0 spiro atoms. The molecule has 0 aliphatic carbocycles. The number of nitrogens with zero attached hydrogens (tertiary/aromatic N) is 1. The summed E-state index contributed by atoms with van der Waals surface area (Å²) in [4.78, 5) is 7.30. The third-order valence-electron chi connectivity index (χ3n) is 2.16. The molecule has 0 saturated heterocycles. The molecule has 0 unspecified atom stereocenters. The Morgan fingerprint density at radius 2 is 2.31 bits per heavy atom. The van der Waals surface area contributed by atoms with Gasteiger partial charge in [-0.25, -0.2) is 4.98 Å². The van der Waals surface area contributed by atoms with E-state index in [9.17, 15) is 0 Å². The molecule has 1 aromatic heterocycles. The van der Waals surface area contributed by atoms with E-state index in [1.807, 2.05) is 31.3 Å². The van der Waals surface area contributed by atoms with Crippen molar-refractivity contribution in [3.63, 3.8) is 0 Å². The van der Waals surface area contributed by atoms with E-state index in [-0.39, 0.29) is 0 Å². The molecule has 2 aromatic rings. The largest absolute Gasteiger partial charge is 0.379 e. The highest BCUT2D eigenvalue weighted by molar-refractivity contribution is 9.10. The van der Waals surface area contributed by atoms with Gasteiger partial charge >= 0.3 is 0 Å². The summed E-state index contributed by atoms with van der Waals surface area (Å²) in [5, 5.41) is 3.99. The number of aryl methyl sites for hydroxylation is 1. The first-order valence-electron chi connectivity index (χ1n) is 4.84. The molecule has 0 atom stereocenters. The molecule has 0 aliphatic heterocycles. The maximum Gasteiger partial charge on any atom is 0.103 e. The maximum atomic E-state index is 5.91. The molecule has 0 saturated carbocycles. The fourth-order valence-electron chi connectivity index (χ4n) is 1.36. The molecule has 0 fully saturated rings. The van der Waals surface area contributed by atoms with Crippen molar-refractivity contribution in [2.75, 3.05) is 5.32 Å². The van der Waals surface area contributed by atoms with Gasteiger partial charge in [-0.15, -0.1) is 0 Å². The summed E-state index contributed by atoms with van der Waals surface area (Å²) >= 11 is 9.29. The van der Waals surface area contributed by atoms with Crippen LogP contribution in [0.1, 0.15) is 11.5 Å². The Kier molecular flexibility index (Phi) is 3.51. The maximum absolute atomic E-state index is 5.91. The summed E-state index contributed by atoms with van der Waals surface area (Å²) < 4.78 is 0.889. The lowest BCUT2D eigenvalue weighted by Crippen LogP contribution is -1.99. The van der Waals surface area contributed by atoms with Gasteiger partial charge in [0.2, 0.25) is 0 Å². The number of hydrogen-bond acceptors (Lipinski definition) is 2. The number of halogens is 2. The number of imidazole rings is 1. The molecule has 84 valence electrons. The lowest BCUT2D eigenvalue weighted by atomic mass is 10.3. The smallest absolute Gasteiger partial charge is 0.103 e. The second-order valence-corrected chi connectivity index (χ2v) is 4.74. The highest BCUT2D eigenvalue weighted by Gasteiger charge is 2.00. The number of aromatic nitrogens is 2. The van der Waals surface area contributed by atoms with Crippen LogP contribution in [0.2, 0.25) is 5.02 Å². The highest BCUT2D eigenvalue weighted by Crippen LogP contribution is 2.25. The lowest BCUT2D eigenvalue weighted by molar-refractivity contribution is 1.05. The van der Waals surface area contributed by atoms with Crippen LogP contribution < -0.4 is 5.32 Å². The van der Waals surface area contributed by atoms with Crippen LogP contribution in [0.3, 0.4) is 0 Å². The average molecular weight is 301 g/mol.